The lowest BCUT2D eigenvalue weighted by molar-refractivity contribution is 0.125. The first-order valence-corrected chi connectivity index (χ1v) is 2.09. The number of primary amides is 1. The fraction of sp³-hybridized carbons (Fsp3) is 0.750. The van der Waals surface area contributed by atoms with Crippen molar-refractivity contribution in [2.24, 2.45) is 5.73 Å². The van der Waals surface area contributed by atoms with Gasteiger partial charge in [0.25, 0.3) is 0 Å². The minimum atomic E-state index is -0.713. The smallest absolute Gasteiger partial charge is 0.404 e. The standard InChI is InChI=1S/C4H9NO2.FH/c1-3(2)7-4(5)6;/h3H,1-2H3,(H2,5,6);1H. The predicted octanol–water partition coefficient (Wildman–Crippen LogP) is 0.643. The summed E-state index contributed by atoms with van der Waals surface area (Å²) in [7, 11) is 0. The van der Waals surface area contributed by atoms with Gasteiger partial charge in [-0.2, -0.15) is 0 Å². The Morgan fingerprint density at radius 2 is 2.00 bits per heavy atom. The van der Waals surface area contributed by atoms with Gasteiger partial charge < -0.3 is 10.5 Å². The van der Waals surface area contributed by atoms with Gasteiger partial charge in [0.15, 0.2) is 0 Å². The summed E-state index contributed by atoms with van der Waals surface area (Å²) in [4.78, 5) is 9.81. The van der Waals surface area contributed by atoms with Crippen LogP contribution in [-0.2, 0) is 4.74 Å². The Morgan fingerprint density at radius 1 is 1.62 bits per heavy atom. The number of amides is 1. The molecule has 3 nitrogen and oxygen atoms in total. The third-order valence-electron chi connectivity index (χ3n) is 0.352. The van der Waals surface area contributed by atoms with Gasteiger partial charge in [-0.25, -0.2) is 4.79 Å². The van der Waals surface area contributed by atoms with E-state index in [1.807, 2.05) is 0 Å². The average molecular weight is 123 g/mol. The summed E-state index contributed by atoms with van der Waals surface area (Å²) in [5, 5.41) is 0. The van der Waals surface area contributed by atoms with Crippen LogP contribution in [0.15, 0.2) is 0 Å². The van der Waals surface area contributed by atoms with E-state index in [4.69, 9.17) is 0 Å². The van der Waals surface area contributed by atoms with E-state index in [-0.39, 0.29) is 10.8 Å². The van der Waals surface area contributed by atoms with E-state index in [1.165, 1.54) is 0 Å². The van der Waals surface area contributed by atoms with Crippen LogP contribution in [0.4, 0.5) is 9.50 Å². The van der Waals surface area contributed by atoms with Crippen molar-refractivity contribution < 1.29 is 14.2 Å². The monoisotopic (exact) mass is 123 g/mol. The lowest BCUT2D eigenvalue weighted by Crippen LogP contribution is -2.17. The molecule has 1 amide bonds. The maximum atomic E-state index is 9.81. The first-order chi connectivity index (χ1) is 3.13. The molecule has 0 aliphatic carbocycles. The quantitative estimate of drug-likeness (QED) is 0.556. The number of halogens is 1. The normalized spacial score (nSPS) is 7.88. The molecule has 0 aromatic rings. The molecule has 2 N–H and O–H groups in total. The second-order valence-corrected chi connectivity index (χ2v) is 1.49. The molecule has 0 heterocycles. The molecule has 0 radical (unpaired) electrons. The van der Waals surface area contributed by atoms with Gasteiger partial charge in [0.2, 0.25) is 0 Å². The van der Waals surface area contributed by atoms with E-state index in [0.29, 0.717) is 0 Å². The molecule has 0 fully saturated rings. The molecule has 4 heteroatoms. The zero-order valence-corrected chi connectivity index (χ0v) is 4.88. The highest BCUT2D eigenvalue weighted by Gasteiger charge is 1.94. The van der Waals surface area contributed by atoms with Crippen LogP contribution >= 0.6 is 0 Å². The first-order valence-electron chi connectivity index (χ1n) is 2.09. The number of carbonyl (C=O) groups excluding carboxylic acids is 1. The minimum Gasteiger partial charge on any atom is -0.447 e. The Kier molecular flexibility index (Phi) is 5.58. The zero-order valence-electron chi connectivity index (χ0n) is 4.88. The molecule has 50 valence electrons. The Balaban J connectivity index is 0. The maximum absolute atomic E-state index is 9.81. The van der Waals surface area contributed by atoms with Crippen molar-refractivity contribution >= 4 is 6.09 Å². The maximum Gasteiger partial charge on any atom is 0.404 e. The number of nitrogens with two attached hydrogens (primary N) is 1. The summed E-state index contributed by atoms with van der Waals surface area (Å²) in [6.45, 7) is 3.48. The molecular weight excluding hydrogens is 113 g/mol. The van der Waals surface area contributed by atoms with Crippen LogP contribution in [0.5, 0.6) is 0 Å². The number of rotatable bonds is 1. The summed E-state index contributed by atoms with van der Waals surface area (Å²) in [5.74, 6) is 0. The van der Waals surface area contributed by atoms with Crippen molar-refractivity contribution in [3.8, 4) is 0 Å². The van der Waals surface area contributed by atoms with Gasteiger partial charge in [0, 0.05) is 0 Å². The summed E-state index contributed by atoms with van der Waals surface area (Å²) < 4.78 is 4.39. The van der Waals surface area contributed by atoms with E-state index < -0.39 is 6.09 Å². The van der Waals surface area contributed by atoms with Crippen LogP contribution in [0.25, 0.3) is 0 Å². The summed E-state index contributed by atoms with van der Waals surface area (Å²) in [5.41, 5.74) is 4.63. The third-order valence-corrected chi connectivity index (χ3v) is 0.352. The molecule has 0 bridgehead atoms. The molecule has 0 aliphatic heterocycles. The van der Waals surface area contributed by atoms with E-state index >= 15 is 0 Å². The second kappa shape index (κ2) is 4.36. The van der Waals surface area contributed by atoms with Crippen LogP contribution in [0, 0.1) is 0 Å². The Morgan fingerprint density at radius 3 is 2.00 bits per heavy atom. The lowest BCUT2D eigenvalue weighted by Gasteiger charge is -2.01. The molecule has 8 heavy (non-hydrogen) atoms. The molecular formula is C4H10FNO2. The van der Waals surface area contributed by atoms with Gasteiger partial charge in [0.05, 0.1) is 6.10 Å². The highest BCUT2D eigenvalue weighted by molar-refractivity contribution is 5.64. The topological polar surface area (TPSA) is 52.3 Å². The molecule has 0 aromatic carbocycles. The molecule has 0 saturated carbocycles. The SMILES string of the molecule is CC(C)OC(N)=O.F. The Bertz CT molecular complexity index is 74.4. The Labute approximate surface area is 47.2 Å². The highest BCUT2D eigenvalue weighted by Crippen LogP contribution is 1.83. The molecule has 0 aromatic heterocycles. The number of hydrogen-bond donors (Lipinski definition) is 1. The van der Waals surface area contributed by atoms with Crippen LogP contribution in [0.1, 0.15) is 13.8 Å². The average Bonchev–Trinajstić information content (AvgIpc) is 1.27. The summed E-state index contributed by atoms with van der Waals surface area (Å²) in [6, 6.07) is 0. The fourth-order valence-electron chi connectivity index (χ4n) is 0.232. The van der Waals surface area contributed by atoms with Gasteiger partial charge in [-0.15, -0.1) is 0 Å². The minimum absolute atomic E-state index is 0. The summed E-state index contributed by atoms with van der Waals surface area (Å²) in [6.07, 6.45) is -0.813. The van der Waals surface area contributed by atoms with Gasteiger partial charge in [-0.3, -0.25) is 4.70 Å². The number of hydrogen-bond acceptors (Lipinski definition) is 2. The van der Waals surface area contributed by atoms with E-state index in [1.54, 1.807) is 13.8 Å². The molecule has 0 spiro atoms. The second-order valence-electron chi connectivity index (χ2n) is 1.49. The van der Waals surface area contributed by atoms with E-state index in [2.05, 4.69) is 10.5 Å². The molecule has 0 saturated heterocycles. The van der Waals surface area contributed by atoms with Gasteiger partial charge in [-0.1, -0.05) is 0 Å². The van der Waals surface area contributed by atoms with Crippen LogP contribution < -0.4 is 5.73 Å². The molecule has 0 atom stereocenters. The molecule has 0 rings (SSSR count). The van der Waals surface area contributed by atoms with Crippen LogP contribution in [0.2, 0.25) is 0 Å². The number of ether oxygens (including phenoxy) is 1. The predicted molar refractivity (Wildman–Crippen MR) is 28.3 cm³/mol. The first kappa shape index (κ1) is 10.2. The zero-order chi connectivity index (χ0) is 5.86. The van der Waals surface area contributed by atoms with Crippen LogP contribution in [0.3, 0.4) is 0 Å². The third kappa shape index (κ3) is 8.96. The van der Waals surface area contributed by atoms with Gasteiger partial charge in [0.1, 0.15) is 0 Å². The van der Waals surface area contributed by atoms with E-state index in [9.17, 15) is 4.79 Å². The van der Waals surface area contributed by atoms with Crippen molar-refractivity contribution in [3.05, 3.63) is 0 Å². The van der Waals surface area contributed by atoms with Crippen molar-refractivity contribution in [2.45, 2.75) is 20.0 Å². The van der Waals surface area contributed by atoms with Crippen LogP contribution in [-0.4, -0.2) is 12.2 Å². The van der Waals surface area contributed by atoms with Gasteiger partial charge in [-0.05, 0) is 13.8 Å². The van der Waals surface area contributed by atoms with Gasteiger partial charge >= 0.3 is 6.09 Å². The fourth-order valence-corrected chi connectivity index (χ4v) is 0.232. The van der Waals surface area contributed by atoms with Crippen molar-refractivity contribution in [2.75, 3.05) is 0 Å². The van der Waals surface area contributed by atoms with Crippen molar-refractivity contribution in [1.82, 2.24) is 0 Å². The van der Waals surface area contributed by atoms with Crippen molar-refractivity contribution in [3.63, 3.8) is 0 Å². The summed E-state index contributed by atoms with van der Waals surface area (Å²) >= 11 is 0. The molecule has 0 unspecified atom stereocenters. The largest absolute Gasteiger partial charge is 0.447 e. The van der Waals surface area contributed by atoms with Crippen molar-refractivity contribution in [1.29, 1.82) is 0 Å². The van der Waals surface area contributed by atoms with E-state index in [0.717, 1.165) is 0 Å². The number of carbonyl (C=O) groups is 1. The highest BCUT2D eigenvalue weighted by atomic mass is 19.0. The Hall–Kier alpha value is -0.800. The molecule has 0 aliphatic rings. The lowest BCUT2D eigenvalue weighted by atomic mass is 10.5.